The van der Waals surface area contributed by atoms with Crippen LogP contribution in [-0.2, 0) is 9.53 Å². The number of methoxy groups -OCH3 is 1. The Labute approximate surface area is 127 Å². The van der Waals surface area contributed by atoms with Gasteiger partial charge in [-0.1, -0.05) is 0 Å². The van der Waals surface area contributed by atoms with Crippen LogP contribution in [0.4, 0.5) is 5.69 Å². The molecule has 6 heteroatoms. The van der Waals surface area contributed by atoms with Crippen molar-refractivity contribution in [3.63, 3.8) is 0 Å². The third-order valence-electron chi connectivity index (χ3n) is 2.86. The minimum absolute atomic E-state index is 0.335. The van der Waals surface area contributed by atoms with Crippen molar-refractivity contribution in [3.8, 4) is 5.75 Å². The summed E-state index contributed by atoms with van der Waals surface area (Å²) in [4.78, 5) is 16.5. The Kier molecular flexibility index (Phi) is 5.16. The van der Waals surface area contributed by atoms with E-state index in [9.17, 15) is 4.79 Å². The summed E-state index contributed by atoms with van der Waals surface area (Å²) >= 11 is 1.51. The van der Waals surface area contributed by atoms with Crippen LogP contribution >= 0.6 is 11.3 Å². The maximum absolute atomic E-state index is 12.1. The zero-order valence-electron chi connectivity index (χ0n) is 12.3. The number of aryl methyl sites for hydroxylation is 1. The number of esters is 1. The molecule has 0 saturated heterocycles. The first-order valence-corrected chi connectivity index (χ1v) is 7.51. The molecule has 21 heavy (non-hydrogen) atoms. The lowest BCUT2D eigenvalue weighted by atomic mass is 10.2. The van der Waals surface area contributed by atoms with E-state index in [2.05, 4.69) is 10.3 Å². The van der Waals surface area contributed by atoms with E-state index in [0.29, 0.717) is 12.3 Å². The largest absolute Gasteiger partial charge is 0.497 e. The van der Waals surface area contributed by atoms with Crippen LogP contribution in [0.25, 0.3) is 0 Å². The van der Waals surface area contributed by atoms with Gasteiger partial charge in [0.15, 0.2) is 6.04 Å². The van der Waals surface area contributed by atoms with Gasteiger partial charge >= 0.3 is 5.97 Å². The molecule has 0 spiro atoms. The fourth-order valence-corrected chi connectivity index (χ4v) is 2.48. The van der Waals surface area contributed by atoms with Crippen LogP contribution in [0.15, 0.2) is 29.6 Å². The summed E-state index contributed by atoms with van der Waals surface area (Å²) in [7, 11) is 1.61. The highest BCUT2D eigenvalue weighted by Crippen LogP contribution is 2.24. The summed E-state index contributed by atoms with van der Waals surface area (Å²) in [5.74, 6) is 0.427. The van der Waals surface area contributed by atoms with Crippen molar-refractivity contribution in [2.45, 2.75) is 19.9 Å². The van der Waals surface area contributed by atoms with Crippen LogP contribution in [0, 0.1) is 6.92 Å². The number of aromatic nitrogens is 1. The number of hydrogen-bond acceptors (Lipinski definition) is 6. The van der Waals surface area contributed by atoms with Crippen molar-refractivity contribution in [2.24, 2.45) is 0 Å². The van der Waals surface area contributed by atoms with Crippen LogP contribution < -0.4 is 10.1 Å². The van der Waals surface area contributed by atoms with E-state index < -0.39 is 6.04 Å². The second-order valence-electron chi connectivity index (χ2n) is 4.35. The van der Waals surface area contributed by atoms with Gasteiger partial charge in [-0.3, -0.25) is 0 Å². The van der Waals surface area contributed by atoms with Crippen molar-refractivity contribution < 1.29 is 14.3 Å². The number of rotatable bonds is 6. The minimum atomic E-state index is -0.608. The molecule has 112 valence electrons. The number of nitrogens with one attached hydrogen (secondary N) is 1. The Morgan fingerprint density at radius 1 is 1.38 bits per heavy atom. The first kappa shape index (κ1) is 15.3. The standard InChI is InChI=1S/C15H18N2O3S/c1-4-20-15(18)14(13-9-21-10(2)16-13)17-11-5-7-12(19-3)8-6-11/h5-9,14,17H,4H2,1-3H3. The number of carbonyl (C=O) groups is 1. The lowest BCUT2D eigenvalue weighted by Crippen LogP contribution is -2.23. The molecule has 1 N–H and O–H groups in total. The lowest BCUT2D eigenvalue weighted by Gasteiger charge is -2.17. The molecule has 1 aromatic heterocycles. The van der Waals surface area contributed by atoms with Gasteiger partial charge in [0.25, 0.3) is 0 Å². The summed E-state index contributed by atoms with van der Waals surface area (Å²) in [6, 6.07) is 6.76. The second-order valence-corrected chi connectivity index (χ2v) is 5.41. The highest BCUT2D eigenvalue weighted by Gasteiger charge is 2.24. The van der Waals surface area contributed by atoms with E-state index in [0.717, 1.165) is 16.4 Å². The van der Waals surface area contributed by atoms with Crippen molar-refractivity contribution in [1.29, 1.82) is 0 Å². The molecule has 1 heterocycles. The fourth-order valence-electron chi connectivity index (χ4n) is 1.85. The number of ether oxygens (including phenoxy) is 2. The maximum Gasteiger partial charge on any atom is 0.334 e. The Bertz CT molecular complexity index is 595. The third kappa shape index (κ3) is 3.95. The van der Waals surface area contributed by atoms with Crippen molar-refractivity contribution in [2.75, 3.05) is 19.0 Å². The number of hydrogen-bond donors (Lipinski definition) is 1. The zero-order chi connectivity index (χ0) is 15.2. The van der Waals surface area contributed by atoms with Crippen LogP contribution in [0.3, 0.4) is 0 Å². The Morgan fingerprint density at radius 3 is 2.62 bits per heavy atom. The molecule has 1 unspecified atom stereocenters. The van der Waals surface area contributed by atoms with Crippen molar-refractivity contribution >= 4 is 23.0 Å². The van der Waals surface area contributed by atoms with E-state index >= 15 is 0 Å². The zero-order valence-corrected chi connectivity index (χ0v) is 13.1. The average molecular weight is 306 g/mol. The monoisotopic (exact) mass is 306 g/mol. The quantitative estimate of drug-likeness (QED) is 0.831. The molecule has 2 aromatic rings. The summed E-state index contributed by atoms with van der Waals surface area (Å²) in [5.41, 5.74) is 1.48. The van der Waals surface area contributed by atoms with Gasteiger partial charge < -0.3 is 14.8 Å². The van der Waals surface area contributed by atoms with Gasteiger partial charge in [0.2, 0.25) is 0 Å². The number of carbonyl (C=O) groups excluding carboxylic acids is 1. The van der Waals surface area contributed by atoms with Gasteiger partial charge in [-0.05, 0) is 38.1 Å². The third-order valence-corrected chi connectivity index (χ3v) is 3.65. The first-order chi connectivity index (χ1) is 10.1. The summed E-state index contributed by atoms with van der Waals surface area (Å²) in [6.07, 6.45) is 0. The van der Waals surface area contributed by atoms with Gasteiger partial charge in [0.1, 0.15) is 5.75 Å². The predicted octanol–water partition coefficient (Wildman–Crippen LogP) is 3.18. The van der Waals surface area contributed by atoms with E-state index in [1.54, 1.807) is 14.0 Å². The van der Waals surface area contributed by atoms with Gasteiger partial charge in [-0.15, -0.1) is 11.3 Å². The van der Waals surface area contributed by atoms with Crippen LogP contribution in [-0.4, -0.2) is 24.7 Å². The van der Waals surface area contributed by atoms with E-state index in [4.69, 9.17) is 9.47 Å². The molecule has 0 amide bonds. The molecule has 1 atom stereocenters. The molecule has 0 aliphatic heterocycles. The van der Waals surface area contributed by atoms with Gasteiger partial charge in [-0.2, -0.15) is 0 Å². The average Bonchev–Trinajstić information content (AvgIpc) is 2.92. The second kappa shape index (κ2) is 7.08. The predicted molar refractivity (Wildman–Crippen MR) is 82.8 cm³/mol. The summed E-state index contributed by atoms with van der Waals surface area (Å²) in [6.45, 7) is 4.03. The molecule has 0 radical (unpaired) electrons. The van der Waals surface area contributed by atoms with Gasteiger partial charge in [0.05, 0.1) is 24.4 Å². The fraction of sp³-hybridized carbons (Fsp3) is 0.333. The number of anilines is 1. The molecule has 1 aromatic carbocycles. The first-order valence-electron chi connectivity index (χ1n) is 6.63. The highest BCUT2D eigenvalue weighted by atomic mass is 32.1. The molecule has 0 bridgehead atoms. The molecular formula is C15H18N2O3S. The van der Waals surface area contributed by atoms with Crippen LogP contribution in [0.1, 0.15) is 23.7 Å². The summed E-state index contributed by atoms with van der Waals surface area (Å²) < 4.78 is 10.2. The van der Waals surface area contributed by atoms with Crippen molar-refractivity contribution in [3.05, 3.63) is 40.3 Å². The normalized spacial score (nSPS) is 11.8. The maximum atomic E-state index is 12.1. The minimum Gasteiger partial charge on any atom is -0.497 e. The van der Waals surface area contributed by atoms with Crippen LogP contribution in [0.5, 0.6) is 5.75 Å². The number of nitrogens with zero attached hydrogens (tertiary/aromatic N) is 1. The Balaban J connectivity index is 2.20. The lowest BCUT2D eigenvalue weighted by molar-refractivity contribution is -0.144. The molecule has 0 aliphatic carbocycles. The van der Waals surface area contributed by atoms with Gasteiger partial charge in [0, 0.05) is 11.1 Å². The smallest absolute Gasteiger partial charge is 0.334 e. The SMILES string of the molecule is CCOC(=O)C(Nc1ccc(OC)cc1)c1csc(C)n1. The van der Waals surface area contributed by atoms with Crippen molar-refractivity contribution in [1.82, 2.24) is 4.98 Å². The topological polar surface area (TPSA) is 60.5 Å². The summed E-state index contributed by atoms with van der Waals surface area (Å²) in [5, 5.41) is 5.94. The Hall–Kier alpha value is -2.08. The molecule has 5 nitrogen and oxygen atoms in total. The molecule has 0 aliphatic rings. The van der Waals surface area contributed by atoms with E-state index in [-0.39, 0.29) is 5.97 Å². The Morgan fingerprint density at radius 2 is 2.10 bits per heavy atom. The molecule has 0 fully saturated rings. The molecular weight excluding hydrogens is 288 g/mol. The number of benzene rings is 1. The van der Waals surface area contributed by atoms with Gasteiger partial charge in [-0.25, -0.2) is 9.78 Å². The van der Waals surface area contributed by atoms with E-state index in [1.807, 2.05) is 36.6 Å². The molecule has 2 rings (SSSR count). The number of thiazole rings is 1. The van der Waals surface area contributed by atoms with E-state index in [1.165, 1.54) is 11.3 Å². The molecule has 0 saturated carbocycles. The van der Waals surface area contributed by atoms with Crippen LogP contribution in [0.2, 0.25) is 0 Å². The highest BCUT2D eigenvalue weighted by molar-refractivity contribution is 7.09.